The molecule has 0 atom stereocenters. The summed E-state index contributed by atoms with van der Waals surface area (Å²) in [6.45, 7) is 1.77. The summed E-state index contributed by atoms with van der Waals surface area (Å²) in [7, 11) is 1.61. The Labute approximate surface area is 94.6 Å². The quantitative estimate of drug-likeness (QED) is 0.771. The molecule has 0 saturated heterocycles. The highest BCUT2D eigenvalue weighted by molar-refractivity contribution is 5.94. The van der Waals surface area contributed by atoms with Crippen LogP contribution in [0, 0.1) is 0 Å². The molecular weight excluding hydrogens is 206 g/mol. The Morgan fingerprint density at radius 1 is 1.56 bits per heavy atom. The minimum Gasteiger partial charge on any atom is -0.493 e. The van der Waals surface area contributed by atoms with Gasteiger partial charge in [0.05, 0.1) is 13.2 Å². The maximum absolute atomic E-state index is 11.7. The second-order valence-electron chi connectivity index (χ2n) is 3.67. The number of carbonyl (C=O) groups is 1. The lowest BCUT2D eigenvalue weighted by Gasteiger charge is -2.05. The predicted molar refractivity (Wildman–Crippen MR) is 59.9 cm³/mol. The monoisotopic (exact) mass is 221 g/mol. The number of rotatable bonds is 4. The van der Waals surface area contributed by atoms with Crippen molar-refractivity contribution in [3.63, 3.8) is 0 Å². The number of ether oxygens (including phenoxy) is 2. The highest BCUT2D eigenvalue weighted by atomic mass is 16.5. The van der Waals surface area contributed by atoms with Crippen LogP contribution in [0.4, 0.5) is 0 Å². The molecule has 1 heterocycles. The van der Waals surface area contributed by atoms with Gasteiger partial charge in [0.2, 0.25) is 0 Å². The minimum atomic E-state index is -0.0632. The molecule has 0 fully saturated rings. The molecule has 4 nitrogen and oxygen atoms in total. The van der Waals surface area contributed by atoms with Gasteiger partial charge in [-0.2, -0.15) is 0 Å². The second kappa shape index (κ2) is 4.99. The zero-order valence-corrected chi connectivity index (χ0v) is 9.29. The van der Waals surface area contributed by atoms with Crippen LogP contribution >= 0.6 is 0 Å². The van der Waals surface area contributed by atoms with E-state index < -0.39 is 0 Å². The number of benzene rings is 1. The third-order valence-electron chi connectivity index (χ3n) is 2.54. The predicted octanol–water partition coefficient (Wildman–Crippen LogP) is 0.998. The fourth-order valence-electron chi connectivity index (χ4n) is 1.70. The van der Waals surface area contributed by atoms with Crippen LogP contribution < -0.4 is 10.1 Å². The van der Waals surface area contributed by atoms with Crippen molar-refractivity contribution in [1.82, 2.24) is 5.32 Å². The molecule has 16 heavy (non-hydrogen) atoms. The van der Waals surface area contributed by atoms with Crippen molar-refractivity contribution in [3.8, 4) is 5.75 Å². The topological polar surface area (TPSA) is 47.6 Å². The van der Waals surface area contributed by atoms with Gasteiger partial charge in [-0.15, -0.1) is 0 Å². The number of carbonyl (C=O) groups excluding carboxylic acids is 1. The normalized spacial score (nSPS) is 13.1. The van der Waals surface area contributed by atoms with E-state index in [1.807, 2.05) is 12.1 Å². The molecule has 1 aliphatic heterocycles. The molecule has 4 heteroatoms. The Hall–Kier alpha value is -1.55. The number of nitrogens with one attached hydrogen (secondary N) is 1. The van der Waals surface area contributed by atoms with Gasteiger partial charge in [0, 0.05) is 25.6 Å². The molecule has 2 rings (SSSR count). The zero-order chi connectivity index (χ0) is 11.4. The van der Waals surface area contributed by atoms with E-state index >= 15 is 0 Å². The Balaban J connectivity index is 2.01. The number of hydrogen-bond acceptors (Lipinski definition) is 3. The van der Waals surface area contributed by atoms with E-state index in [9.17, 15) is 4.79 Å². The average molecular weight is 221 g/mol. The third-order valence-corrected chi connectivity index (χ3v) is 2.54. The van der Waals surface area contributed by atoms with Gasteiger partial charge in [0.1, 0.15) is 5.75 Å². The van der Waals surface area contributed by atoms with Crippen molar-refractivity contribution in [2.75, 3.05) is 26.9 Å². The number of fused-ring (bicyclic) bond motifs is 1. The summed E-state index contributed by atoms with van der Waals surface area (Å²) in [4.78, 5) is 11.7. The van der Waals surface area contributed by atoms with Gasteiger partial charge in [-0.25, -0.2) is 0 Å². The first-order chi connectivity index (χ1) is 7.81. The van der Waals surface area contributed by atoms with E-state index in [0.717, 1.165) is 17.7 Å². The smallest absolute Gasteiger partial charge is 0.251 e. The van der Waals surface area contributed by atoms with Gasteiger partial charge in [-0.1, -0.05) is 0 Å². The Morgan fingerprint density at radius 3 is 3.25 bits per heavy atom. The summed E-state index contributed by atoms with van der Waals surface area (Å²) in [5.74, 6) is 0.834. The molecule has 0 bridgehead atoms. The second-order valence-corrected chi connectivity index (χ2v) is 3.67. The highest BCUT2D eigenvalue weighted by Crippen LogP contribution is 2.25. The lowest BCUT2D eigenvalue weighted by molar-refractivity contribution is 0.0937. The fourth-order valence-corrected chi connectivity index (χ4v) is 1.70. The van der Waals surface area contributed by atoms with Crippen molar-refractivity contribution in [2.24, 2.45) is 0 Å². The van der Waals surface area contributed by atoms with Crippen molar-refractivity contribution in [1.29, 1.82) is 0 Å². The first-order valence-corrected chi connectivity index (χ1v) is 5.34. The van der Waals surface area contributed by atoms with Gasteiger partial charge >= 0.3 is 0 Å². The summed E-state index contributed by atoms with van der Waals surface area (Å²) in [5.41, 5.74) is 1.79. The van der Waals surface area contributed by atoms with Crippen LogP contribution in [-0.4, -0.2) is 32.8 Å². The molecule has 0 saturated carbocycles. The van der Waals surface area contributed by atoms with Crippen LogP contribution in [0.5, 0.6) is 5.75 Å². The Morgan fingerprint density at radius 2 is 2.44 bits per heavy atom. The minimum absolute atomic E-state index is 0.0632. The SMILES string of the molecule is COCCNC(=O)c1ccc2c(c1)CCO2. The molecule has 1 aliphatic rings. The van der Waals surface area contributed by atoms with Crippen LogP contribution in [0.2, 0.25) is 0 Å². The molecule has 0 spiro atoms. The van der Waals surface area contributed by atoms with Gasteiger partial charge in [0.25, 0.3) is 5.91 Å². The lowest BCUT2D eigenvalue weighted by atomic mass is 10.1. The molecule has 0 aliphatic carbocycles. The Kier molecular flexibility index (Phi) is 3.41. The highest BCUT2D eigenvalue weighted by Gasteiger charge is 2.14. The van der Waals surface area contributed by atoms with Crippen molar-refractivity contribution < 1.29 is 14.3 Å². The van der Waals surface area contributed by atoms with Crippen LogP contribution in [0.25, 0.3) is 0 Å². The van der Waals surface area contributed by atoms with E-state index in [4.69, 9.17) is 9.47 Å². The van der Waals surface area contributed by atoms with E-state index in [1.54, 1.807) is 13.2 Å². The first-order valence-electron chi connectivity index (χ1n) is 5.34. The molecule has 1 N–H and O–H groups in total. The van der Waals surface area contributed by atoms with Gasteiger partial charge in [-0.05, 0) is 23.8 Å². The van der Waals surface area contributed by atoms with Gasteiger partial charge in [-0.3, -0.25) is 4.79 Å². The molecule has 0 unspecified atom stereocenters. The molecule has 0 radical (unpaired) electrons. The molecule has 86 valence electrons. The Bertz CT molecular complexity index is 390. The summed E-state index contributed by atoms with van der Waals surface area (Å²) >= 11 is 0. The van der Waals surface area contributed by atoms with Crippen molar-refractivity contribution >= 4 is 5.91 Å². The first kappa shape index (κ1) is 11.0. The molecular formula is C12H15NO3. The molecule has 1 aromatic rings. The molecule has 1 amide bonds. The van der Waals surface area contributed by atoms with Crippen LogP contribution in [-0.2, 0) is 11.2 Å². The number of methoxy groups -OCH3 is 1. The summed E-state index contributed by atoms with van der Waals surface area (Å²) in [6, 6.07) is 5.53. The maximum atomic E-state index is 11.7. The van der Waals surface area contributed by atoms with Gasteiger partial charge < -0.3 is 14.8 Å². The summed E-state index contributed by atoms with van der Waals surface area (Å²) in [6.07, 6.45) is 0.883. The van der Waals surface area contributed by atoms with E-state index in [0.29, 0.717) is 25.3 Å². The largest absolute Gasteiger partial charge is 0.493 e. The zero-order valence-electron chi connectivity index (χ0n) is 9.29. The lowest BCUT2D eigenvalue weighted by Crippen LogP contribution is -2.26. The van der Waals surface area contributed by atoms with Crippen molar-refractivity contribution in [3.05, 3.63) is 29.3 Å². The van der Waals surface area contributed by atoms with E-state index in [1.165, 1.54) is 0 Å². The summed E-state index contributed by atoms with van der Waals surface area (Å²) < 4.78 is 10.2. The van der Waals surface area contributed by atoms with Crippen LogP contribution in [0.3, 0.4) is 0 Å². The standard InChI is InChI=1S/C12H15NO3/c1-15-7-5-13-12(14)10-2-3-11-9(8-10)4-6-16-11/h2-3,8H,4-7H2,1H3,(H,13,14). The summed E-state index contributed by atoms with van der Waals surface area (Å²) in [5, 5.41) is 2.79. The third kappa shape index (κ3) is 2.33. The average Bonchev–Trinajstić information content (AvgIpc) is 2.76. The fraction of sp³-hybridized carbons (Fsp3) is 0.417. The number of hydrogen-bond donors (Lipinski definition) is 1. The molecule has 1 aromatic carbocycles. The number of amides is 1. The van der Waals surface area contributed by atoms with E-state index in [-0.39, 0.29) is 5.91 Å². The van der Waals surface area contributed by atoms with Gasteiger partial charge in [0.15, 0.2) is 0 Å². The maximum Gasteiger partial charge on any atom is 0.251 e. The molecule has 0 aromatic heterocycles. The van der Waals surface area contributed by atoms with Crippen molar-refractivity contribution in [2.45, 2.75) is 6.42 Å². The van der Waals surface area contributed by atoms with E-state index in [2.05, 4.69) is 5.32 Å². The van der Waals surface area contributed by atoms with Crippen LogP contribution in [0.15, 0.2) is 18.2 Å². The van der Waals surface area contributed by atoms with Crippen LogP contribution in [0.1, 0.15) is 15.9 Å².